The Morgan fingerprint density at radius 1 is 1.03 bits per heavy atom. The zero-order chi connectivity index (χ0) is 23.6. The molecule has 1 aromatic heterocycles. The highest BCUT2D eigenvalue weighted by atomic mass is 16.5. The second-order valence-corrected chi connectivity index (χ2v) is 8.06. The van der Waals surface area contributed by atoms with Gasteiger partial charge in [-0.3, -0.25) is 10.1 Å². The van der Waals surface area contributed by atoms with Gasteiger partial charge in [0.25, 0.3) is 5.91 Å². The van der Waals surface area contributed by atoms with Crippen LogP contribution < -0.4 is 10.6 Å². The van der Waals surface area contributed by atoms with Gasteiger partial charge in [-0.25, -0.2) is 9.59 Å². The number of furan rings is 1. The molecule has 3 aromatic rings. The van der Waals surface area contributed by atoms with Crippen molar-refractivity contribution in [1.29, 1.82) is 0 Å². The van der Waals surface area contributed by atoms with E-state index < -0.39 is 23.5 Å². The van der Waals surface area contributed by atoms with Gasteiger partial charge in [-0.15, -0.1) is 0 Å². The largest absolute Gasteiger partial charge is 0.480 e. The maximum Gasteiger partial charge on any atom is 0.411 e. The molecule has 3 N–H and O–H groups in total. The molecule has 1 aliphatic carbocycles. The number of nitrogens with one attached hydrogen (secondary N) is 2. The topological polar surface area (TPSA) is 118 Å². The molecule has 170 valence electrons. The van der Waals surface area contributed by atoms with Crippen molar-refractivity contribution in [3.63, 3.8) is 0 Å². The number of hydrogen-bond acceptors (Lipinski definition) is 5. The number of carboxylic acid groups (broad SMARTS) is 1. The normalized spacial score (nSPS) is 14.0. The molecule has 0 aliphatic heterocycles. The third-order valence-electron chi connectivity index (χ3n) is 6.02. The Labute approximate surface area is 190 Å². The maximum atomic E-state index is 12.6. The van der Waals surface area contributed by atoms with E-state index in [9.17, 15) is 19.5 Å². The van der Waals surface area contributed by atoms with Crippen LogP contribution in [0.3, 0.4) is 0 Å². The summed E-state index contributed by atoms with van der Waals surface area (Å²) < 4.78 is 10.7. The summed E-state index contributed by atoms with van der Waals surface area (Å²) in [6, 6.07) is 17.4. The molecule has 8 heteroatoms. The van der Waals surface area contributed by atoms with E-state index >= 15 is 0 Å². The van der Waals surface area contributed by atoms with Gasteiger partial charge in [0.05, 0.1) is 12.0 Å². The lowest BCUT2D eigenvalue weighted by Crippen LogP contribution is -2.51. The number of carbonyl (C=O) groups is 3. The Morgan fingerprint density at radius 2 is 1.64 bits per heavy atom. The molecule has 2 amide bonds. The summed E-state index contributed by atoms with van der Waals surface area (Å²) in [5.41, 5.74) is 3.03. The fourth-order valence-electron chi connectivity index (χ4n) is 3.93. The van der Waals surface area contributed by atoms with Crippen LogP contribution in [0.15, 0.2) is 65.3 Å². The fourth-order valence-corrected chi connectivity index (χ4v) is 3.93. The van der Waals surface area contributed by atoms with E-state index in [0.29, 0.717) is 0 Å². The van der Waals surface area contributed by atoms with Gasteiger partial charge in [0.15, 0.2) is 0 Å². The SMILES string of the molecule is CCC(C)(NC(=O)c1occc1NC(=O)OCC1c2ccccc2-c2ccccc21)C(=O)O. The van der Waals surface area contributed by atoms with E-state index in [0.717, 1.165) is 22.3 Å². The first-order valence-corrected chi connectivity index (χ1v) is 10.6. The van der Waals surface area contributed by atoms with Crippen LogP contribution in [-0.4, -0.2) is 35.2 Å². The molecule has 1 heterocycles. The summed E-state index contributed by atoms with van der Waals surface area (Å²) in [4.78, 5) is 36.6. The van der Waals surface area contributed by atoms with E-state index in [-0.39, 0.29) is 30.4 Å². The number of amides is 2. The molecular formula is C25H24N2O6. The molecule has 0 bridgehead atoms. The summed E-state index contributed by atoms with van der Waals surface area (Å²) in [5, 5.41) is 14.3. The van der Waals surface area contributed by atoms with Gasteiger partial charge in [0, 0.05) is 12.0 Å². The number of anilines is 1. The van der Waals surface area contributed by atoms with Gasteiger partial charge in [-0.1, -0.05) is 55.5 Å². The number of hydrogen-bond donors (Lipinski definition) is 3. The molecule has 0 saturated heterocycles. The lowest BCUT2D eigenvalue weighted by atomic mass is 9.98. The molecule has 0 radical (unpaired) electrons. The van der Waals surface area contributed by atoms with Gasteiger partial charge in [0.2, 0.25) is 5.76 Å². The Bertz CT molecular complexity index is 1170. The number of ether oxygens (including phenoxy) is 1. The van der Waals surface area contributed by atoms with Gasteiger partial charge in [0.1, 0.15) is 12.1 Å². The summed E-state index contributed by atoms with van der Waals surface area (Å²) in [6.07, 6.45) is 0.658. The minimum Gasteiger partial charge on any atom is -0.480 e. The summed E-state index contributed by atoms with van der Waals surface area (Å²) in [6.45, 7) is 3.16. The van der Waals surface area contributed by atoms with Gasteiger partial charge in [-0.2, -0.15) is 0 Å². The van der Waals surface area contributed by atoms with Crippen molar-refractivity contribution in [2.24, 2.45) is 0 Å². The number of aliphatic carboxylic acids is 1. The highest BCUT2D eigenvalue weighted by Crippen LogP contribution is 2.44. The molecule has 33 heavy (non-hydrogen) atoms. The van der Waals surface area contributed by atoms with E-state index in [1.54, 1.807) is 6.92 Å². The number of fused-ring (bicyclic) bond motifs is 3. The highest BCUT2D eigenvalue weighted by molar-refractivity contribution is 6.02. The third kappa shape index (κ3) is 4.19. The van der Waals surface area contributed by atoms with Gasteiger partial charge in [-0.05, 0) is 35.6 Å². The third-order valence-corrected chi connectivity index (χ3v) is 6.02. The van der Waals surface area contributed by atoms with Crippen LogP contribution in [0.25, 0.3) is 11.1 Å². The molecule has 1 atom stereocenters. The van der Waals surface area contributed by atoms with Crippen LogP contribution in [0.5, 0.6) is 0 Å². The molecule has 0 fully saturated rings. The fraction of sp³-hybridized carbons (Fsp3) is 0.240. The Balaban J connectivity index is 1.44. The number of carbonyl (C=O) groups excluding carboxylic acids is 2. The van der Waals surface area contributed by atoms with Crippen molar-refractivity contribution < 1.29 is 28.6 Å². The predicted molar refractivity (Wildman–Crippen MR) is 121 cm³/mol. The molecular weight excluding hydrogens is 424 g/mol. The van der Waals surface area contributed by atoms with Crippen LogP contribution in [0.1, 0.15) is 47.9 Å². The maximum absolute atomic E-state index is 12.6. The second-order valence-electron chi connectivity index (χ2n) is 8.06. The van der Waals surface area contributed by atoms with Crippen LogP contribution in [0.4, 0.5) is 10.5 Å². The minimum absolute atomic E-state index is 0.0913. The second kappa shape index (κ2) is 8.82. The van der Waals surface area contributed by atoms with E-state index in [1.807, 2.05) is 48.5 Å². The average Bonchev–Trinajstić information content (AvgIpc) is 3.40. The average molecular weight is 448 g/mol. The molecule has 0 spiro atoms. The molecule has 1 unspecified atom stereocenters. The first kappa shape index (κ1) is 22.1. The lowest BCUT2D eigenvalue weighted by molar-refractivity contribution is -0.143. The number of benzene rings is 2. The predicted octanol–water partition coefficient (Wildman–Crippen LogP) is 4.62. The summed E-state index contributed by atoms with van der Waals surface area (Å²) in [7, 11) is 0. The van der Waals surface area contributed by atoms with Crippen LogP contribution in [-0.2, 0) is 9.53 Å². The smallest absolute Gasteiger partial charge is 0.411 e. The first-order chi connectivity index (χ1) is 15.8. The molecule has 1 aliphatic rings. The Morgan fingerprint density at radius 3 is 2.21 bits per heavy atom. The van der Waals surface area contributed by atoms with E-state index in [4.69, 9.17) is 9.15 Å². The van der Waals surface area contributed by atoms with Crippen molar-refractivity contribution in [1.82, 2.24) is 5.32 Å². The molecule has 8 nitrogen and oxygen atoms in total. The van der Waals surface area contributed by atoms with Gasteiger partial charge < -0.3 is 19.6 Å². The number of carboxylic acids is 1. The van der Waals surface area contributed by atoms with Crippen molar-refractivity contribution in [3.8, 4) is 11.1 Å². The van der Waals surface area contributed by atoms with Crippen LogP contribution in [0.2, 0.25) is 0 Å². The molecule has 4 rings (SSSR count). The van der Waals surface area contributed by atoms with Crippen molar-refractivity contribution >= 4 is 23.7 Å². The number of rotatable bonds is 7. The highest BCUT2D eigenvalue weighted by Gasteiger charge is 2.35. The van der Waals surface area contributed by atoms with E-state index in [1.165, 1.54) is 19.3 Å². The summed E-state index contributed by atoms with van der Waals surface area (Å²) >= 11 is 0. The Hall–Kier alpha value is -4.07. The lowest BCUT2D eigenvalue weighted by Gasteiger charge is -2.24. The molecule has 0 saturated carbocycles. The van der Waals surface area contributed by atoms with Crippen LogP contribution >= 0.6 is 0 Å². The van der Waals surface area contributed by atoms with Crippen molar-refractivity contribution in [3.05, 3.63) is 77.7 Å². The van der Waals surface area contributed by atoms with E-state index in [2.05, 4.69) is 10.6 Å². The van der Waals surface area contributed by atoms with Crippen molar-refractivity contribution in [2.75, 3.05) is 11.9 Å². The Kier molecular flexibility index (Phi) is 5.91. The molecule has 2 aromatic carbocycles. The quantitative estimate of drug-likeness (QED) is 0.485. The summed E-state index contributed by atoms with van der Waals surface area (Å²) in [5.74, 6) is -2.22. The van der Waals surface area contributed by atoms with Gasteiger partial charge >= 0.3 is 12.1 Å². The monoisotopic (exact) mass is 448 g/mol. The standard InChI is InChI=1S/C25H24N2O6/c1-3-25(2,23(29)30)27-22(28)21-20(12-13-32-21)26-24(31)33-14-19-17-10-6-4-8-15(17)16-9-5-7-11-18(16)19/h4-13,19H,3,14H2,1-2H3,(H,26,31)(H,27,28)(H,29,30). The minimum atomic E-state index is -1.47. The van der Waals surface area contributed by atoms with Crippen molar-refractivity contribution in [2.45, 2.75) is 31.7 Å². The zero-order valence-corrected chi connectivity index (χ0v) is 18.3. The zero-order valence-electron chi connectivity index (χ0n) is 18.3. The first-order valence-electron chi connectivity index (χ1n) is 10.6. The van der Waals surface area contributed by atoms with Crippen LogP contribution in [0, 0.1) is 0 Å².